The quantitative estimate of drug-likeness (QED) is 0.752. The summed E-state index contributed by atoms with van der Waals surface area (Å²) in [6.07, 6.45) is 0.273. The van der Waals surface area contributed by atoms with Crippen LogP contribution in [0.5, 0.6) is 0 Å². The number of anilines is 1. The van der Waals surface area contributed by atoms with E-state index >= 15 is 0 Å². The minimum atomic E-state index is 0.273. The van der Waals surface area contributed by atoms with Gasteiger partial charge in [0, 0.05) is 25.9 Å². The predicted octanol–water partition coefficient (Wildman–Crippen LogP) is 1.09. The van der Waals surface area contributed by atoms with E-state index in [1.807, 2.05) is 18.2 Å². The van der Waals surface area contributed by atoms with Gasteiger partial charge in [0.2, 0.25) is 0 Å². The van der Waals surface area contributed by atoms with Crippen LogP contribution < -0.4 is 10.6 Å². The number of hydrogen-bond donors (Lipinski definition) is 2. The summed E-state index contributed by atoms with van der Waals surface area (Å²) in [4.78, 5) is 0. The van der Waals surface area contributed by atoms with Crippen molar-refractivity contribution >= 4 is 5.69 Å². The third-order valence-corrected chi connectivity index (χ3v) is 2.59. The molecule has 1 aliphatic rings. The van der Waals surface area contributed by atoms with Crippen molar-refractivity contribution in [1.82, 2.24) is 5.32 Å². The summed E-state index contributed by atoms with van der Waals surface area (Å²) < 4.78 is 5.37. The van der Waals surface area contributed by atoms with Crippen LogP contribution in [0, 0.1) is 0 Å². The molecule has 2 rings (SSSR count). The zero-order valence-electron chi connectivity index (χ0n) is 8.36. The lowest BCUT2D eigenvalue weighted by Crippen LogP contribution is -2.33. The molecule has 1 heterocycles. The summed E-state index contributed by atoms with van der Waals surface area (Å²) in [6, 6.07) is 10.6. The van der Waals surface area contributed by atoms with E-state index in [9.17, 15) is 0 Å². The number of methoxy groups -OCH3 is 1. The number of ether oxygens (including phenoxy) is 1. The van der Waals surface area contributed by atoms with Crippen molar-refractivity contribution in [3.8, 4) is 0 Å². The fourth-order valence-corrected chi connectivity index (χ4v) is 1.79. The Morgan fingerprint density at radius 1 is 1.29 bits per heavy atom. The van der Waals surface area contributed by atoms with Gasteiger partial charge < -0.3 is 15.4 Å². The molecule has 2 atom stereocenters. The summed E-state index contributed by atoms with van der Waals surface area (Å²) >= 11 is 0. The van der Waals surface area contributed by atoms with E-state index < -0.39 is 0 Å². The summed E-state index contributed by atoms with van der Waals surface area (Å²) in [6.45, 7) is 1.90. The molecule has 0 spiro atoms. The zero-order chi connectivity index (χ0) is 9.80. The SMILES string of the molecule is CO[C@H]1CNC[C@H]1Nc1ccccc1. The first kappa shape index (κ1) is 9.49. The lowest BCUT2D eigenvalue weighted by atomic mass is 10.2. The van der Waals surface area contributed by atoms with Gasteiger partial charge in [-0.1, -0.05) is 18.2 Å². The monoisotopic (exact) mass is 192 g/mol. The number of rotatable bonds is 3. The second-order valence-corrected chi connectivity index (χ2v) is 3.55. The summed E-state index contributed by atoms with van der Waals surface area (Å²) in [5.74, 6) is 0. The molecule has 0 aliphatic carbocycles. The van der Waals surface area contributed by atoms with E-state index in [0.717, 1.165) is 18.8 Å². The van der Waals surface area contributed by atoms with Crippen molar-refractivity contribution in [3.05, 3.63) is 30.3 Å². The maximum Gasteiger partial charge on any atom is 0.0908 e. The number of hydrogen-bond acceptors (Lipinski definition) is 3. The first-order chi connectivity index (χ1) is 6.90. The predicted molar refractivity (Wildman–Crippen MR) is 57.5 cm³/mol. The summed E-state index contributed by atoms with van der Waals surface area (Å²) in [5, 5.41) is 6.76. The van der Waals surface area contributed by atoms with Crippen LogP contribution in [-0.4, -0.2) is 32.3 Å². The van der Waals surface area contributed by atoms with Gasteiger partial charge in [-0.25, -0.2) is 0 Å². The molecular weight excluding hydrogens is 176 g/mol. The standard InChI is InChI=1S/C11H16N2O/c1-14-11-8-12-7-10(11)13-9-5-3-2-4-6-9/h2-6,10-13H,7-8H2,1H3/t10-,11+/m1/s1. The van der Waals surface area contributed by atoms with Crippen LogP contribution in [0.25, 0.3) is 0 Å². The highest BCUT2D eigenvalue weighted by atomic mass is 16.5. The maximum absolute atomic E-state index is 5.37. The lowest BCUT2D eigenvalue weighted by Gasteiger charge is -2.19. The molecule has 1 aromatic rings. The average Bonchev–Trinajstić information content (AvgIpc) is 2.67. The molecule has 0 amide bonds. The van der Waals surface area contributed by atoms with Gasteiger partial charge in [-0.05, 0) is 12.1 Å². The fourth-order valence-electron chi connectivity index (χ4n) is 1.79. The van der Waals surface area contributed by atoms with Gasteiger partial charge in [-0.2, -0.15) is 0 Å². The van der Waals surface area contributed by atoms with E-state index in [1.54, 1.807) is 7.11 Å². The molecule has 1 fully saturated rings. The van der Waals surface area contributed by atoms with E-state index in [4.69, 9.17) is 4.74 Å². The average molecular weight is 192 g/mol. The van der Waals surface area contributed by atoms with E-state index in [0.29, 0.717) is 6.04 Å². The molecule has 0 aromatic heterocycles. The van der Waals surface area contributed by atoms with Crippen molar-refractivity contribution in [2.45, 2.75) is 12.1 Å². The van der Waals surface area contributed by atoms with Crippen LogP contribution in [0.3, 0.4) is 0 Å². The molecule has 0 unspecified atom stereocenters. The normalized spacial score (nSPS) is 26.4. The van der Waals surface area contributed by atoms with Crippen molar-refractivity contribution in [2.75, 3.05) is 25.5 Å². The van der Waals surface area contributed by atoms with Gasteiger partial charge in [0.05, 0.1) is 12.1 Å². The molecule has 0 bridgehead atoms. The van der Waals surface area contributed by atoms with Crippen LogP contribution in [-0.2, 0) is 4.74 Å². The van der Waals surface area contributed by atoms with Crippen LogP contribution in [0.15, 0.2) is 30.3 Å². The maximum atomic E-state index is 5.37. The van der Waals surface area contributed by atoms with Crippen molar-refractivity contribution in [1.29, 1.82) is 0 Å². The minimum Gasteiger partial charge on any atom is -0.378 e. The molecule has 0 saturated carbocycles. The van der Waals surface area contributed by atoms with Crippen LogP contribution in [0.2, 0.25) is 0 Å². The minimum absolute atomic E-state index is 0.273. The highest BCUT2D eigenvalue weighted by molar-refractivity contribution is 5.44. The second kappa shape index (κ2) is 4.44. The van der Waals surface area contributed by atoms with Crippen LogP contribution in [0.1, 0.15) is 0 Å². The van der Waals surface area contributed by atoms with E-state index in [2.05, 4.69) is 22.8 Å². The molecule has 76 valence electrons. The molecule has 14 heavy (non-hydrogen) atoms. The Labute approximate surface area is 84.5 Å². The smallest absolute Gasteiger partial charge is 0.0908 e. The number of nitrogens with one attached hydrogen (secondary N) is 2. The number of para-hydroxylation sites is 1. The Hall–Kier alpha value is -1.06. The Bertz CT molecular complexity index is 276. The lowest BCUT2D eigenvalue weighted by molar-refractivity contribution is 0.112. The van der Waals surface area contributed by atoms with Gasteiger partial charge in [-0.3, -0.25) is 0 Å². The molecule has 1 aromatic carbocycles. The largest absolute Gasteiger partial charge is 0.378 e. The summed E-state index contributed by atoms with van der Waals surface area (Å²) in [7, 11) is 1.76. The highest BCUT2D eigenvalue weighted by Gasteiger charge is 2.26. The van der Waals surface area contributed by atoms with Crippen LogP contribution >= 0.6 is 0 Å². The fraction of sp³-hybridized carbons (Fsp3) is 0.455. The highest BCUT2D eigenvalue weighted by Crippen LogP contribution is 2.12. The van der Waals surface area contributed by atoms with Gasteiger partial charge in [-0.15, -0.1) is 0 Å². The van der Waals surface area contributed by atoms with Crippen molar-refractivity contribution < 1.29 is 4.74 Å². The topological polar surface area (TPSA) is 33.3 Å². The Kier molecular flexibility index (Phi) is 3.01. The number of benzene rings is 1. The Morgan fingerprint density at radius 2 is 2.07 bits per heavy atom. The zero-order valence-corrected chi connectivity index (χ0v) is 8.36. The molecule has 2 N–H and O–H groups in total. The van der Waals surface area contributed by atoms with Crippen molar-refractivity contribution in [3.63, 3.8) is 0 Å². The van der Waals surface area contributed by atoms with Gasteiger partial charge in [0.1, 0.15) is 0 Å². The molecule has 0 radical (unpaired) electrons. The van der Waals surface area contributed by atoms with Crippen molar-refractivity contribution in [2.24, 2.45) is 0 Å². The molecule has 1 aliphatic heterocycles. The first-order valence-electron chi connectivity index (χ1n) is 4.95. The van der Waals surface area contributed by atoms with Gasteiger partial charge in [0.15, 0.2) is 0 Å². The van der Waals surface area contributed by atoms with Crippen LogP contribution in [0.4, 0.5) is 5.69 Å². The third-order valence-electron chi connectivity index (χ3n) is 2.59. The van der Waals surface area contributed by atoms with Gasteiger partial charge >= 0.3 is 0 Å². The molecule has 3 heteroatoms. The Balaban J connectivity index is 1.97. The third kappa shape index (κ3) is 2.05. The molecule has 3 nitrogen and oxygen atoms in total. The van der Waals surface area contributed by atoms with E-state index in [-0.39, 0.29) is 6.10 Å². The van der Waals surface area contributed by atoms with E-state index in [1.165, 1.54) is 0 Å². The second-order valence-electron chi connectivity index (χ2n) is 3.55. The molecule has 1 saturated heterocycles. The Morgan fingerprint density at radius 3 is 2.79 bits per heavy atom. The molecular formula is C11H16N2O. The van der Waals surface area contributed by atoms with Gasteiger partial charge in [0.25, 0.3) is 0 Å². The summed E-state index contributed by atoms with van der Waals surface area (Å²) in [5.41, 5.74) is 1.16. The first-order valence-corrected chi connectivity index (χ1v) is 4.95.